The first-order valence-electron chi connectivity index (χ1n) is 17.1. The molecule has 0 amide bonds. The maximum atomic E-state index is 6.41. The molecule has 0 unspecified atom stereocenters. The van der Waals surface area contributed by atoms with Gasteiger partial charge in [0.25, 0.3) is 0 Å². The number of fused-ring (bicyclic) bond motifs is 5. The zero-order valence-corrected chi connectivity index (χ0v) is 27.5. The van der Waals surface area contributed by atoms with E-state index in [1.54, 1.807) is 0 Å². The lowest BCUT2D eigenvalue weighted by Crippen LogP contribution is -2.01. The lowest BCUT2D eigenvalue weighted by atomic mass is 9.92. The molecule has 0 N–H and O–H groups in total. The molecule has 0 saturated carbocycles. The first-order valence-corrected chi connectivity index (χ1v) is 17.1. The van der Waals surface area contributed by atoms with Gasteiger partial charge in [-0.05, 0) is 62.0 Å². The molecule has 0 aliphatic heterocycles. The second-order valence-electron chi connectivity index (χ2n) is 12.8. The van der Waals surface area contributed by atoms with E-state index in [1.165, 1.54) is 21.9 Å². The number of hydrogen-bond acceptors (Lipinski definition) is 4. The van der Waals surface area contributed by atoms with Crippen molar-refractivity contribution in [2.45, 2.75) is 0 Å². The molecule has 4 heteroatoms. The van der Waals surface area contributed by atoms with Gasteiger partial charge in [0, 0.05) is 27.5 Å². The van der Waals surface area contributed by atoms with Crippen molar-refractivity contribution in [2.24, 2.45) is 0 Å². The lowest BCUT2D eigenvalue weighted by molar-refractivity contribution is 0.669. The van der Waals surface area contributed by atoms with Gasteiger partial charge in [0.05, 0.1) is 0 Å². The fourth-order valence-corrected chi connectivity index (χ4v) is 7.36. The highest BCUT2D eigenvalue weighted by molar-refractivity contribution is 6.13. The predicted molar refractivity (Wildman–Crippen MR) is 209 cm³/mol. The van der Waals surface area contributed by atoms with Gasteiger partial charge in [0.1, 0.15) is 11.2 Å². The topological polar surface area (TPSA) is 51.8 Å². The molecule has 2 aromatic heterocycles. The molecule has 238 valence electrons. The molecule has 51 heavy (non-hydrogen) atoms. The van der Waals surface area contributed by atoms with E-state index in [0.717, 1.165) is 60.5 Å². The Labute approximate surface area is 294 Å². The Kier molecular flexibility index (Phi) is 6.78. The molecule has 0 saturated heterocycles. The van der Waals surface area contributed by atoms with Crippen molar-refractivity contribution in [3.8, 4) is 56.4 Å². The normalized spacial score (nSPS) is 11.5. The minimum Gasteiger partial charge on any atom is -0.456 e. The van der Waals surface area contributed by atoms with Crippen LogP contribution in [0.5, 0.6) is 0 Å². The zero-order chi connectivity index (χ0) is 33.7. The molecule has 2 heterocycles. The molecular formula is C47H29N3O. The Hall–Kier alpha value is -6.91. The molecule has 0 bridgehead atoms. The molecule has 0 aliphatic rings. The van der Waals surface area contributed by atoms with Gasteiger partial charge in [0.15, 0.2) is 17.5 Å². The van der Waals surface area contributed by atoms with Gasteiger partial charge in [-0.2, -0.15) is 0 Å². The Bertz CT molecular complexity index is 2910. The molecule has 0 atom stereocenters. The zero-order valence-electron chi connectivity index (χ0n) is 27.5. The minimum atomic E-state index is 0.597. The Morgan fingerprint density at radius 2 is 0.863 bits per heavy atom. The number of aromatic nitrogens is 3. The highest BCUT2D eigenvalue weighted by atomic mass is 16.3. The highest BCUT2D eigenvalue weighted by Gasteiger charge is 2.20. The molecular weight excluding hydrogens is 623 g/mol. The summed E-state index contributed by atoms with van der Waals surface area (Å²) in [6.07, 6.45) is 0. The summed E-state index contributed by atoms with van der Waals surface area (Å²) in [5, 5.41) is 6.68. The second kappa shape index (κ2) is 11.9. The monoisotopic (exact) mass is 651 g/mol. The van der Waals surface area contributed by atoms with Gasteiger partial charge in [-0.1, -0.05) is 158 Å². The largest absolute Gasteiger partial charge is 0.456 e. The minimum absolute atomic E-state index is 0.597. The number of benzene rings is 8. The Balaban J connectivity index is 1.21. The smallest absolute Gasteiger partial charge is 0.164 e. The number of rotatable bonds is 5. The molecule has 0 spiro atoms. The Morgan fingerprint density at radius 3 is 1.67 bits per heavy atom. The van der Waals surface area contributed by atoms with Gasteiger partial charge < -0.3 is 4.42 Å². The Morgan fingerprint density at radius 1 is 0.314 bits per heavy atom. The summed E-state index contributed by atoms with van der Waals surface area (Å²) >= 11 is 0. The van der Waals surface area contributed by atoms with Crippen LogP contribution in [0.4, 0.5) is 0 Å². The van der Waals surface area contributed by atoms with Crippen molar-refractivity contribution in [2.75, 3.05) is 0 Å². The quantitative estimate of drug-likeness (QED) is 0.186. The lowest BCUT2D eigenvalue weighted by Gasteiger charge is -2.14. The van der Waals surface area contributed by atoms with Gasteiger partial charge in [-0.25, -0.2) is 15.0 Å². The van der Waals surface area contributed by atoms with Crippen LogP contribution in [0.1, 0.15) is 0 Å². The van der Waals surface area contributed by atoms with Crippen LogP contribution in [0.2, 0.25) is 0 Å². The van der Waals surface area contributed by atoms with Crippen molar-refractivity contribution in [3.63, 3.8) is 0 Å². The maximum absolute atomic E-state index is 6.41. The summed E-state index contributed by atoms with van der Waals surface area (Å²) in [6, 6.07) is 61.0. The van der Waals surface area contributed by atoms with Crippen LogP contribution in [0.3, 0.4) is 0 Å². The van der Waals surface area contributed by atoms with Crippen LogP contribution in [0, 0.1) is 0 Å². The van der Waals surface area contributed by atoms with Gasteiger partial charge in [0.2, 0.25) is 0 Å². The van der Waals surface area contributed by atoms with Crippen LogP contribution in [0.25, 0.3) is 99.9 Å². The average Bonchev–Trinajstić information content (AvgIpc) is 3.59. The summed E-state index contributed by atoms with van der Waals surface area (Å²) < 4.78 is 6.41. The summed E-state index contributed by atoms with van der Waals surface area (Å²) in [6.45, 7) is 0. The van der Waals surface area contributed by atoms with Crippen molar-refractivity contribution in [3.05, 3.63) is 176 Å². The van der Waals surface area contributed by atoms with E-state index in [1.807, 2.05) is 48.5 Å². The number of hydrogen-bond donors (Lipinski definition) is 0. The van der Waals surface area contributed by atoms with E-state index >= 15 is 0 Å². The molecule has 10 aromatic rings. The first kappa shape index (κ1) is 29.0. The highest BCUT2D eigenvalue weighted by Crippen LogP contribution is 2.40. The summed E-state index contributed by atoms with van der Waals surface area (Å²) in [4.78, 5) is 15.5. The molecule has 0 radical (unpaired) electrons. The van der Waals surface area contributed by atoms with Crippen LogP contribution >= 0.6 is 0 Å². The standard InChI is InChI=1S/C47H29N3O/c1-3-13-30(14-4-1)33-27-28-42-41(29-33)44-40(25-12-26-43(44)51-42)47-49-45(32-16-5-2-6-17-32)48-46(50-47)39-24-11-22-37-36(21-10-23-38(37)39)35-20-9-18-31-15-7-8-19-34(31)35/h1-29H. The fourth-order valence-electron chi connectivity index (χ4n) is 7.36. The molecule has 8 aromatic carbocycles. The van der Waals surface area contributed by atoms with E-state index in [-0.39, 0.29) is 0 Å². The van der Waals surface area contributed by atoms with Crippen LogP contribution < -0.4 is 0 Å². The third-order valence-corrected chi connectivity index (χ3v) is 9.75. The third-order valence-electron chi connectivity index (χ3n) is 9.75. The SMILES string of the molecule is c1ccc(-c2ccc3oc4cccc(-c5nc(-c6ccccc6)nc(-c6cccc7c(-c8cccc9ccccc89)cccc67)n5)c4c3c2)cc1. The summed E-state index contributed by atoms with van der Waals surface area (Å²) in [5.74, 6) is 1.83. The van der Waals surface area contributed by atoms with E-state index < -0.39 is 0 Å². The van der Waals surface area contributed by atoms with Crippen molar-refractivity contribution in [1.82, 2.24) is 15.0 Å². The van der Waals surface area contributed by atoms with Crippen LogP contribution in [-0.4, -0.2) is 15.0 Å². The van der Waals surface area contributed by atoms with Gasteiger partial charge in [-0.15, -0.1) is 0 Å². The first-order chi connectivity index (χ1) is 25.3. The van der Waals surface area contributed by atoms with Gasteiger partial charge in [-0.3, -0.25) is 0 Å². The van der Waals surface area contributed by atoms with Crippen molar-refractivity contribution >= 4 is 43.5 Å². The molecule has 4 nitrogen and oxygen atoms in total. The summed E-state index contributed by atoms with van der Waals surface area (Å²) in [7, 11) is 0. The van der Waals surface area contributed by atoms with Crippen LogP contribution in [-0.2, 0) is 0 Å². The second-order valence-corrected chi connectivity index (χ2v) is 12.8. The fraction of sp³-hybridized carbons (Fsp3) is 0. The number of furan rings is 1. The predicted octanol–water partition coefficient (Wildman–Crippen LogP) is 12.4. The van der Waals surface area contributed by atoms with E-state index in [9.17, 15) is 0 Å². The van der Waals surface area contributed by atoms with Crippen LogP contribution in [0.15, 0.2) is 180 Å². The van der Waals surface area contributed by atoms with E-state index in [4.69, 9.17) is 19.4 Å². The molecule has 0 aliphatic carbocycles. The average molecular weight is 652 g/mol. The third kappa shape index (κ3) is 4.96. The number of nitrogens with zero attached hydrogens (tertiary/aromatic N) is 3. The van der Waals surface area contributed by atoms with E-state index in [2.05, 4.69) is 127 Å². The maximum Gasteiger partial charge on any atom is 0.164 e. The molecule has 10 rings (SSSR count). The van der Waals surface area contributed by atoms with Crippen molar-refractivity contribution < 1.29 is 4.42 Å². The van der Waals surface area contributed by atoms with Crippen molar-refractivity contribution in [1.29, 1.82) is 0 Å². The molecule has 0 fully saturated rings. The van der Waals surface area contributed by atoms with Gasteiger partial charge >= 0.3 is 0 Å². The van der Waals surface area contributed by atoms with E-state index in [0.29, 0.717) is 17.5 Å². The summed E-state index contributed by atoms with van der Waals surface area (Å²) in [5.41, 5.74) is 9.04.